The number of aromatic nitrogens is 1. The molecular weight excluding hydrogens is 498 g/mol. The van der Waals surface area contributed by atoms with Crippen molar-refractivity contribution in [2.75, 3.05) is 13.1 Å². The van der Waals surface area contributed by atoms with Crippen LogP contribution < -0.4 is 0 Å². The van der Waals surface area contributed by atoms with Crippen LogP contribution in [0.1, 0.15) is 54.6 Å². The van der Waals surface area contributed by atoms with Gasteiger partial charge in [-0.3, -0.25) is 24.1 Å². The molecule has 0 bridgehead atoms. The standard InChI is InChI=1S/C30H31N3O4S/c1-3-21-13-9-14-24-23(17-31(28(21)24)19-27(35)32-15-8-7-10-20(32)2)16-26-29(36)33(30(37)38-26)18-25(34)22-11-5-4-6-12-22/h4-6,9,11-14,16-17,20H,3,7-8,10,15,18-19H2,1-2H3/b26-16-/t20-/m0/s1. The van der Waals surface area contributed by atoms with Gasteiger partial charge in [-0.25, -0.2) is 0 Å². The van der Waals surface area contributed by atoms with Gasteiger partial charge < -0.3 is 9.47 Å². The highest BCUT2D eigenvalue weighted by atomic mass is 32.2. The molecule has 0 spiro atoms. The summed E-state index contributed by atoms with van der Waals surface area (Å²) in [7, 11) is 0. The second-order valence-electron chi connectivity index (χ2n) is 9.87. The summed E-state index contributed by atoms with van der Waals surface area (Å²) < 4.78 is 1.98. The van der Waals surface area contributed by atoms with E-state index in [4.69, 9.17) is 0 Å². The first-order valence-electron chi connectivity index (χ1n) is 13.1. The highest BCUT2D eigenvalue weighted by Gasteiger charge is 2.36. The number of imide groups is 1. The number of nitrogens with zero attached hydrogens (tertiary/aromatic N) is 3. The van der Waals surface area contributed by atoms with Gasteiger partial charge in [-0.1, -0.05) is 55.5 Å². The van der Waals surface area contributed by atoms with Crippen LogP contribution in [0.2, 0.25) is 0 Å². The van der Waals surface area contributed by atoms with Gasteiger partial charge >= 0.3 is 0 Å². The maximum absolute atomic E-state index is 13.3. The zero-order chi connectivity index (χ0) is 26.8. The lowest BCUT2D eigenvalue weighted by Crippen LogP contribution is -2.43. The van der Waals surface area contributed by atoms with Crippen molar-refractivity contribution in [2.45, 2.75) is 52.1 Å². The molecule has 3 heterocycles. The minimum Gasteiger partial charge on any atom is -0.338 e. The molecule has 2 aromatic carbocycles. The lowest BCUT2D eigenvalue weighted by atomic mass is 10.0. The van der Waals surface area contributed by atoms with Crippen molar-refractivity contribution in [3.63, 3.8) is 0 Å². The SMILES string of the molecule is CCc1cccc2c(/C=C3\SC(=O)N(CC(=O)c4ccccc4)C3=O)cn(CC(=O)N3CCCC[C@@H]3C)c12. The summed E-state index contributed by atoms with van der Waals surface area (Å²) in [6.07, 6.45) is 7.60. The van der Waals surface area contributed by atoms with Gasteiger partial charge in [-0.15, -0.1) is 0 Å². The van der Waals surface area contributed by atoms with Crippen molar-refractivity contribution in [3.05, 3.63) is 76.3 Å². The summed E-state index contributed by atoms with van der Waals surface area (Å²) in [6, 6.07) is 14.9. The largest absolute Gasteiger partial charge is 0.338 e. The van der Waals surface area contributed by atoms with E-state index in [1.165, 1.54) is 0 Å². The summed E-state index contributed by atoms with van der Waals surface area (Å²) >= 11 is 0.840. The molecule has 3 aromatic rings. The zero-order valence-electron chi connectivity index (χ0n) is 21.7. The molecule has 1 aromatic heterocycles. The number of carbonyl (C=O) groups is 4. The molecule has 8 heteroatoms. The third-order valence-corrected chi connectivity index (χ3v) is 8.29. The number of ketones is 1. The summed E-state index contributed by atoms with van der Waals surface area (Å²) in [5.41, 5.74) is 3.31. The minimum atomic E-state index is -0.477. The van der Waals surface area contributed by atoms with Crippen molar-refractivity contribution in [1.29, 1.82) is 0 Å². The lowest BCUT2D eigenvalue weighted by molar-refractivity contribution is -0.135. The van der Waals surface area contributed by atoms with Crippen LogP contribution in [0.5, 0.6) is 0 Å². The Morgan fingerprint density at radius 3 is 2.55 bits per heavy atom. The van der Waals surface area contributed by atoms with E-state index in [9.17, 15) is 19.2 Å². The topological polar surface area (TPSA) is 79.7 Å². The monoisotopic (exact) mass is 529 g/mol. The van der Waals surface area contributed by atoms with Gasteiger partial charge in [0.25, 0.3) is 11.1 Å². The van der Waals surface area contributed by atoms with Crippen molar-refractivity contribution in [2.24, 2.45) is 0 Å². The van der Waals surface area contributed by atoms with Gasteiger partial charge in [0.1, 0.15) is 6.54 Å². The van der Waals surface area contributed by atoms with E-state index < -0.39 is 11.1 Å². The molecule has 2 fully saturated rings. The van der Waals surface area contributed by atoms with E-state index in [0.717, 1.165) is 70.9 Å². The van der Waals surface area contributed by atoms with Crippen LogP contribution in [-0.2, 0) is 22.6 Å². The number of rotatable bonds is 7. The van der Waals surface area contributed by atoms with E-state index in [1.807, 2.05) is 27.8 Å². The third kappa shape index (κ3) is 5.05. The Kier molecular flexibility index (Phi) is 7.51. The Labute approximate surface area is 226 Å². The van der Waals surface area contributed by atoms with Gasteiger partial charge in [0, 0.05) is 35.3 Å². The van der Waals surface area contributed by atoms with Crippen LogP contribution in [0.25, 0.3) is 17.0 Å². The number of para-hydroxylation sites is 1. The number of aryl methyl sites for hydroxylation is 1. The number of amides is 3. The van der Waals surface area contributed by atoms with Crippen molar-refractivity contribution in [1.82, 2.24) is 14.4 Å². The minimum absolute atomic E-state index is 0.0892. The van der Waals surface area contributed by atoms with Gasteiger partial charge in [0.2, 0.25) is 5.91 Å². The first kappa shape index (κ1) is 26.0. The van der Waals surface area contributed by atoms with Gasteiger partial charge in [-0.05, 0) is 56.0 Å². The molecule has 0 saturated carbocycles. The quantitative estimate of drug-likeness (QED) is 0.297. The molecule has 7 nitrogen and oxygen atoms in total. The smallest absolute Gasteiger partial charge is 0.293 e. The van der Waals surface area contributed by atoms with Gasteiger partial charge in [0.05, 0.1) is 17.0 Å². The molecule has 0 aliphatic carbocycles. The van der Waals surface area contributed by atoms with Crippen LogP contribution in [0.4, 0.5) is 4.79 Å². The van der Waals surface area contributed by atoms with E-state index >= 15 is 0 Å². The van der Waals surface area contributed by atoms with Crippen LogP contribution in [0, 0.1) is 0 Å². The normalized spacial score (nSPS) is 19.1. The van der Waals surface area contributed by atoms with Crippen molar-refractivity contribution < 1.29 is 19.2 Å². The average molecular weight is 530 g/mol. The summed E-state index contributed by atoms with van der Waals surface area (Å²) in [5.74, 6) is -0.676. The maximum Gasteiger partial charge on any atom is 0.293 e. The number of benzene rings is 2. The van der Waals surface area contributed by atoms with E-state index in [-0.39, 0.29) is 35.7 Å². The first-order valence-corrected chi connectivity index (χ1v) is 13.9. The number of piperidine rings is 1. The Bertz CT molecular complexity index is 1440. The molecular formula is C30H31N3O4S. The Morgan fingerprint density at radius 1 is 1.03 bits per heavy atom. The highest BCUT2D eigenvalue weighted by Crippen LogP contribution is 2.35. The number of thioether (sulfide) groups is 1. The summed E-state index contributed by atoms with van der Waals surface area (Å²) in [6.45, 7) is 4.89. The van der Waals surface area contributed by atoms with Crippen LogP contribution in [0.3, 0.4) is 0 Å². The molecule has 196 valence electrons. The molecule has 2 aliphatic heterocycles. The van der Waals surface area contributed by atoms with E-state index in [1.54, 1.807) is 36.4 Å². The van der Waals surface area contributed by atoms with Crippen molar-refractivity contribution >= 4 is 51.6 Å². The van der Waals surface area contributed by atoms with Gasteiger partial charge in [0.15, 0.2) is 5.78 Å². The predicted octanol–water partition coefficient (Wildman–Crippen LogP) is 5.52. The fourth-order valence-corrected chi connectivity index (χ4v) is 6.16. The molecule has 0 N–H and O–H groups in total. The van der Waals surface area contributed by atoms with Crippen LogP contribution in [0.15, 0.2) is 59.6 Å². The Balaban J connectivity index is 1.44. The number of carbonyl (C=O) groups excluding carboxylic acids is 4. The van der Waals surface area contributed by atoms with Gasteiger partial charge in [-0.2, -0.15) is 0 Å². The molecule has 2 saturated heterocycles. The fourth-order valence-electron chi connectivity index (χ4n) is 5.33. The number of fused-ring (bicyclic) bond motifs is 1. The zero-order valence-corrected chi connectivity index (χ0v) is 22.5. The Morgan fingerprint density at radius 2 is 1.82 bits per heavy atom. The molecule has 2 aliphatic rings. The maximum atomic E-state index is 13.3. The number of hydrogen-bond acceptors (Lipinski definition) is 5. The van der Waals surface area contributed by atoms with E-state index in [0.29, 0.717) is 5.56 Å². The molecule has 0 radical (unpaired) electrons. The highest BCUT2D eigenvalue weighted by molar-refractivity contribution is 8.18. The van der Waals surface area contributed by atoms with E-state index in [2.05, 4.69) is 19.9 Å². The summed E-state index contributed by atoms with van der Waals surface area (Å²) in [4.78, 5) is 55.0. The summed E-state index contributed by atoms with van der Waals surface area (Å²) in [5, 5.41) is 0.466. The molecule has 3 amide bonds. The molecule has 1 atom stereocenters. The lowest BCUT2D eigenvalue weighted by Gasteiger charge is -2.33. The molecule has 38 heavy (non-hydrogen) atoms. The van der Waals surface area contributed by atoms with Crippen LogP contribution >= 0.6 is 11.8 Å². The fraction of sp³-hybridized carbons (Fsp3) is 0.333. The number of hydrogen-bond donors (Lipinski definition) is 0. The van der Waals surface area contributed by atoms with Crippen molar-refractivity contribution in [3.8, 4) is 0 Å². The first-order chi connectivity index (χ1) is 18.4. The Hall–Kier alpha value is -3.65. The second-order valence-corrected chi connectivity index (χ2v) is 10.9. The van der Waals surface area contributed by atoms with Crippen LogP contribution in [-0.4, -0.2) is 56.3 Å². The second kappa shape index (κ2) is 11.0. The predicted molar refractivity (Wildman–Crippen MR) is 150 cm³/mol. The average Bonchev–Trinajstić information content (AvgIpc) is 3.40. The number of Topliss-reactive ketones (excluding diaryl/α,β-unsaturated/α-hetero) is 1. The number of likely N-dealkylation sites (tertiary alicyclic amines) is 1. The third-order valence-electron chi connectivity index (χ3n) is 7.38. The molecule has 5 rings (SSSR count). The molecule has 0 unspecified atom stereocenters.